The molecule has 0 atom stereocenters. The van der Waals surface area contributed by atoms with Gasteiger partial charge in [0.2, 0.25) is 5.95 Å². The first-order valence-corrected chi connectivity index (χ1v) is 6.14. The third-order valence-corrected chi connectivity index (χ3v) is 2.56. The van der Waals surface area contributed by atoms with E-state index in [1.165, 1.54) is 6.07 Å². The molecule has 20 heavy (non-hydrogen) atoms. The Morgan fingerprint density at radius 1 is 1.05 bits per heavy atom. The Kier molecular flexibility index (Phi) is 4.29. The van der Waals surface area contributed by atoms with Crippen molar-refractivity contribution in [3.05, 3.63) is 41.5 Å². The maximum absolute atomic E-state index is 13.1. The molecule has 4 N–H and O–H groups in total. The van der Waals surface area contributed by atoms with E-state index in [2.05, 4.69) is 20.6 Å². The number of aromatic nitrogens is 2. The van der Waals surface area contributed by atoms with Gasteiger partial charge >= 0.3 is 0 Å². The van der Waals surface area contributed by atoms with Crippen LogP contribution >= 0.6 is 0 Å². The number of nitrogens with one attached hydrogen (secondary N) is 2. The number of nitrogens with zero attached hydrogens (tertiary/aromatic N) is 2. The predicted octanol–water partition coefficient (Wildman–Crippen LogP) is 2.38. The summed E-state index contributed by atoms with van der Waals surface area (Å²) in [4.78, 5) is 8.03. The average molecular weight is 279 g/mol. The Morgan fingerprint density at radius 2 is 1.75 bits per heavy atom. The van der Waals surface area contributed by atoms with Crippen LogP contribution in [0.5, 0.6) is 0 Å². The normalized spacial score (nSPS) is 10.3. The summed E-state index contributed by atoms with van der Waals surface area (Å²) in [5.41, 5.74) is 6.19. The van der Waals surface area contributed by atoms with Crippen LogP contribution in [0, 0.1) is 11.6 Å². The zero-order chi connectivity index (χ0) is 14.5. The van der Waals surface area contributed by atoms with E-state index in [4.69, 9.17) is 5.73 Å². The minimum atomic E-state index is -0.875. The predicted molar refractivity (Wildman–Crippen MR) is 74.3 cm³/mol. The maximum atomic E-state index is 13.1. The number of nitrogens with two attached hydrogens (primary N) is 1. The number of hydrogen-bond donors (Lipinski definition) is 3. The SMILES string of the molecule is CCNc1cc(NCc2ccc(F)c(F)c2)nc(N)n1. The van der Waals surface area contributed by atoms with E-state index in [1.54, 1.807) is 6.07 Å². The van der Waals surface area contributed by atoms with Crippen molar-refractivity contribution in [2.24, 2.45) is 0 Å². The number of anilines is 3. The van der Waals surface area contributed by atoms with E-state index in [9.17, 15) is 8.78 Å². The molecule has 0 bridgehead atoms. The maximum Gasteiger partial charge on any atom is 0.223 e. The number of nitrogen functional groups attached to an aromatic ring is 1. The van der Waals surface area contributed by atoms with Gasteiger partial charge in [-0.1, -0.05) is 6.07 Å². The van der Waals surface area contributed by atoms with E-state index in [1.807, 2.05) is 6.92 Å². The van der Waals surface area contributed by atoms with Crippen molar-refractivity contribution in [1.82, 2.24) is 9.97 Å². The molecule has 0 aliphatic carbocycles. The Bertz CT molecular complexity index is 603. The fourth-order valence-corrected chi connectivity index (χ4v) is 1.67. The van der Waals surface area contributed by atoms with Gasteiger partial charge in [0, 0.05) is 19.2 Å². The molecule has 106 valence electrons. The largest absolute Gasteiger partial charge is 0.370 e. The van der Waals surface area contributed by atoms with Crippen molar-refractivity contribution in [3.8, 4) is 0 Å². The summed E-state index contributed by atoms with van der Waals surface area (Å²) < 4.78 is 25.9. The highest BCUT2D eigenvalue weighted by Gasteiger charge is 2.04. The van der Waals surface area contributed by atoms with Gasteiger partial charge < -0.3 is 16.4 Å². The highest BCUT2D eigenvalue weighted by molar-refractivity contribution is 5.51. The molecular weight excluding hydrogens is 264 g/mol. The lowest BCUT2D eigenvalue weighted by atomic mass is 10.2. The molecule has 5 nitrogen and oxygen atoms in total. The lowest BCUT2D eigenvalue weighted by molar-refractivity contribution is 0.507. The van der Waals surface area contributed by atoms with Gasteiger partial charge in [-0.15, -0.1) is 0 Å². The summed E-state index contributed by atoms with van der Waals surface area (Å²) >= 11 is 0. The molecule has 0 saturated carbocycles. The van der Waals surface area contributed by atoms with E-state index < -0.39 is 11.6 Å². The number of halogens is 2. The molecule has 0 radical (unpaired) electrons. The Morgan fingerprint density at radius 3 is 2.40 bits per heavy atom. The third kappa shape index (κ3) is 3.53. The first-order chi connectivity index (χ1) is 9.58. The number of benzene rings is 1. The molecule has 1 heterocycles. The second-order valence-electron chi connectivity index (χ2n) is 4.13. The van der Waals surface area contributed by atoms with Gasteiger partial charge in [-0.05, 0) is 24.6 Å². The fraction of sp³-hybridized carbons (Fsp3) is 0.231. The second kappa shape index (κ2) is 6.14. The second-order valence-corrected chi connectivity index (χ2v) is 4.13. The van der Waals surface area contributed by atoms with Crippen LogP contribution in [0.15, 0.2) is 24.3 Å². The molecule has 0 aliphatic heterocycles. The Balaban J connectivity index is 2.08. The van der Waals surface area contributed by atoms with E-state index in [-0.39, 0.29) is 5.95 Å². The molecule has 0 amide bonds. The molecule has 7 heteroatoms. The topological polar surface area (TPSA) is 75.9 Å². The van der Waals surface area contributed by atoms with Crippen LogP contribution in [0.1, 0.15) is 12.5 Å². The third-order valence-electron chi connectivity index (χ3n) is 2.56. The highest BCUT2D eigenvalue weighted by Crippen LogP contribution is 2.14. The summed E-state index contributed by atoms with van der Waals surface area (Å²) in [6, 6.07) is 5.42. The van der Waals surface area contributed by atoms with Crippen LogP contribution < -0.4 is 16.4 Å². The van der Waals surface area contributed by atoms with E-state index in [0.29, 0.717) is 30.3 Å². The lowest BCUT2D eigenvalue weighted by Crippen LogP contribution is -2.08. The zero-order valence-electron chi connectivity index (χ0n) is 11.0. The zero-order valence-corrected chi connectivity index (χ0v) is 11.0. The van der Waals surface area contributed by atoms with Crippen molar-refractivity contribution in [2.45, 2.75) is 13.5 Å². The van der Waals surface area contributed by atoms with E-state index in [0.717, 1.165) is 12.1 Å². The van der Waals surface area contributed by atoms with Crippen LogP contribution in [0.4, 0.5) is 26.4 Å². The molecule has 0 fully saturated rings. The average Bonchev–Trinajstić information content (AvgIpc) is 2.40. The van der Waals surface area contributed by atoms with Gasteiger partial charge in [-0.3, -0.25) is 0 Å². The number of hydrogen-bond acceptors (Lipinski definition) is 5. The van der Waals surface area contributed by atoms with Crippen LogP contribution in [0.2, 0.25) is 0 Å². The monoisotopic (exact) mass is 279 g/mol. The lowest BCUT2D eigenvalue weighted by Gasteiger charge is -2.09. The van der Waals surface area contributed by atoms with Crippen molar-refractivity contribution >= 4 is 17.6 Å². The summed E-state index contributed by atoms with van der Waals surface area (Å²) in [6.07, 6.45) is 0. The van der Waals surface area contributed by atoms with Crippen LogP contribution in [0.25, 0.3) is 0 Å². The van der Waals surface area contributed by atoms with Gasteiger partial charge in [0.1, 0.15) is 11.6 Å². The van der Waals surface area contributed by atoms with E-state index >= 15 is 0 Å². The van der Waals surface area contributed by atoms with Crippen molar-refractivity contribution in [3.63, 3.8) is 0 Å². The Labute approximate surface area is 115 Å². The molecule has 0 saturated heterocycles. The summed E-state index contributed by atoms with van der Waals surface area (Å²) in [5, 5.41) is 6.01. The Hall–Kier alpha value is -2.44. The smallest absolute Gasteiger partial charge is 0.223 e. The quantitative estimate of drug-likeness (QED) is 0.783. The van der Waals surface area contributed by atoms with Crippen molar-refractivity contribution in [1.29, 1.82) is 0 Å². The fourth-order valence-electron chi connectivity index (χ4n) is 1.67. The molecule has 1 aromatic heterocycles. The van der Waals surface area contributed by atoms with Crippen LogP contribution in [-0.2, 0) is 6.54 Å². The molecule has 0 aliphatic rings. The highest BCUT2D eigenvalue weighted by atomic mass is 19.2. The van der Waals surface area contributed by atoms with Gasteiger partial charge in [-0.25, -0.2) is 8.78 Å². The summed E-state index contributed by atoms with van der Waals surface area (Å²) in [5.74, 6) is -0.489. The van der Waals surface area contributed by atoms with Gasteiger partial charge in [0.25, 0.3) is 0 Å². The van der Waals surface area contributed by atoms with Crippen molar-refractivity contribution < 1.29 is 8.78 Å². The molecule has 0 spiro atoms. The molecule has 0 unspecified atom stereocenters. The first-order valence-electron chi connectivity index (χ1n) is 6.14. The summed E-state index contributed by atoms with van der Waals surface area (Å²) in [7, 11) is 0. The molecule has 2 rings (SSSR count). The molecule has 2 aromatic rings. The first kappa shape index (κ1) is 14.0. The van der Waals surface area contributed by atoms with Crippen LogP contribution in [-0.4, -0.2) is 16.5 Å². The van der Waals surface area contributed by atoms with Crippen molar-refractivity contribution in [2.75, 3.05) is 22.9 Å². The minimum absolute atomic E-state index is 0.135. The van der Waals surface area contributed by atoms with Gasteiger partial charge in [0.15, 0.2) is 11.6 Å². The van der Waals surface area contributed by atoms with Crippen LogP contribution in [0.3, 0.4) is 0 Å². The minimum Gasteiger partial charge on any atom is -0.370 e. The van der Waals surface area contributed by atoms with Gasteiger partial charge in [0.05, 0.1) is 0 Å². The summed E-state index contributed by atoms with van der Waals surface area (Å²) in [6.45, 7) is 2.95. The van der Waals surface area contributed by atoms with Gasteiger partial charge in [-0.2, -0.15) is 9.97 Å². The standard InChI is InChI=1S/C13H15F2N5/c1-2-17-11-6-12(20-13(16)19-11)18-7-8-3-4-9(14)10(15)5-8/h3-6H,2,7H2,1H3,(H4,16,17,18,19,20). The number of rotatable bonds is 5. The molecular formula is C13H15F2N5. The molecule has 1 aromatic carbocycles.